The van der Waals surface area contributed by atoms with Crippen molar-refractivity contribution in [3.05, 3.63) is 22.4 Å². The average molecular weight is 282 g/mol. The Kier molecular flexibility index (Phi) is 5.36. The number of likely N-dealkylation sites (tertiary alicyclic amines) is 1. The summed E-state index contributed by atoms with van der Waals surface area (Å²) in [4.78, 5) is 15.0. The first-order valence-corrected chi connectivity index (χ1v) is 7.81. The normalized spacial score (nSPS) is 20.7. The van der Waals surface area contributed by atoms with E-state index in [4.69, 9.17) is 5.73 Å². The van der Waals surface area contributed by atoms with Gasteiger partial charge in [0, 0.05) is 23.9 Å². The van der Waals surface area contributed by atoms with E-state index >= 15 is 0 Å². The van der Waals surface area contributed by atoms with Gasteiger partial charge >= 0.3 is 0 Å². The zero-order chi connectivity index (χ0) is 13.7. The molecule has 2 unspecified atom stereocenters. The predicted octanol–water partition coefficient (Wildman–Crippen LogP) is 1.90. The molecule has 3 N–H and O–H groups in total. The number of amides is 1. The number of aliphatic hydroxyl groups is 1. The fraction of sp³-hybridized carbons (Fsp3) is 0.643. The van der Waals surface area contributed by atoms with Crippen molar-refractivity contribution in [2.75, 3.05) is 13.1 Å². The minimum Gasteiger partial charge on any atom is -0.387 e. The second kappa shape index (κ2) is 7.03. The monoisotopic (exact) mass is 282 g/mol. The standard InChI is InChI=1S/C14H22N2O2S/c15-7-1-6-14(18)16-8-2-4-11(16)10-12(17)13-5-3-9-19-13/h3,5,9,11-12,17H,1-2,4,6-8,10,15H2. The van der Waals surface area contributed by atoms with Crippen LogP contribution in [-0.4, -0.2) is 35.0 Å². The summed E-state index contributed by atoms with van der Waals surface area (Å²) in [5.74, 6) is 0.186. The Balaban J connectivity index is 1.90. The van der Waals surface area contributed by atoms with Crippen molar-refractivity contribution in [3.63, 3.8) is 0 Å². The van der Waals surface area contributed by atoms with Crippen LogP contribution in [0.25, 0.3) is 0 Å². The first-order valence-electron chi connectivity index (χ1n) is 6.93. The number of nitrogens with two attached hydrogens (primary N) is 1. The molecule has 1 saturated heterocycles. The van der Waals surface area contributed by atoms with Crippen molar-refractivity contribution >= 4 is 17.2 Å². The highest BCUT2D eigenvalue weighted by Crippen LogP contribution is 2.29. The Bertz CT molecular complexity index is 394. The number of carbonyl (C=O) groups is 1. The fourth-order valence-corrected chi connectivity index (χ4v) is 3.39. The van der Waals surface area contributed by atoms with Gasteiger partial charge in [-0.25, -0.2) is 0 Å². The number of hydrogen-bond donors (Lipinski definition) is 2. The van der Waals surface area contributed by atoms with E-state index in [1.165, 1.54) is 0 Å². The molecule has 0 aliphatic carbocycles. The first-order chi connectivity index (χ1) is 9.22. The Hall–Kier alpha value is -0.910. The molecule has 0 bridgehead atoms. The third-order valence-electron chi connectivity index (χ3n) is 3.66. The molecule has 1 aliphatic heterocycles. The molecule has 0 spiro atoms. The predicted molar refractivity (Wildman–Crippen MR) is 76.9 cm³/mol. The van der Waals surface area contributed by atoms with Crippen molar-refractivity contribution in [1.29, 1.82) is 0 Å². The molecule has 106 valence electrons. The third kappa shape index (κ3) is 3.78. The van der Waals surface area contributed by atoms with Crippen LogP contribution < -0.4 is 5.73 Å². The number of thiophene rings is 1. The van der Waals surface area contributed by atoms with Crippen molar-refractivity contribution in [3.8, 4) is 0 Å². The summed E-state index contributed by atoms with van der Waals surface area (Å²) in [7, 11) is 0. The van der Waals surface area contributed by atoms with Gasteiger partial charge in [-0.1, -0.05) is 6.07 Å². The molecule has 1 amide bonds. The van der Waals surface area contributed by atoms with Crippen molar-refractivity contribution < 1.29 is 9.90 Å². The highest BCUT2D eigenvalue weighted by Gasteiger charge is 2.30. The zero-order valence-electron chi connectivity index (χ0n) is 11.1. The smallest absolute Gasteiger partial charge is 0.222 e. The van der Waals surface area contributed by atoms with Gasteiger partial charge in [-0.3, -0.25) is 4.79 Å². The van der Waals surface area contributed by atoms with Crippen LogP contribution in [0.2, 0.25) is 0 Å². The van der Waals surface area contributed by atoms with Gasteiger partial charge in [-0.2, -0.15) is 0 Å². The van der Waals surface area contributed by atoms with E-state index in [0.717, 1.165) is 30.7 Å². The molecule has 5 heteroatoms. The molecule has 2 rings (SSSR count). The summed E-state index contributed by atoms with van der Waals surface area (Å²) in [5, 5.41) is 12.2. The van der Waals surface area contributed by atoms with E-state index < -0.39 is 6.10 Å². The lowest BCUT2D eigenvalue weighted by Crippen LogP contribution is -2.36. The van der Waals surface area contributed by atoms with Gasteiger partial charge in [-0.15, -0.1) is 11.3 Å². The zero-order valence-corrected chi connectivity index (χ0v) is 11.9. The molecule has 1 aromatic heterocycles. The maximum atomic E-state index is 12.1. The summed E-state index contributed by atoms with van der Waals surface area (Å²) in [6, 6.07) is 4.08. The van der Waals surface area contributed by atoms with Crippen LogP contribution in [0.3, 0.4) is 0 Å². The maximum absolute atomic E-state index is 12.1. The van der Waals surface area contributed by atoms with E-state index in [9.17, 15) is 9.90 Å². The molecule has 0 aromatic carbocycles. The van der Waals surface area contributed by atoms with Gasteiger partial charge in [0.2, 0.25) is 5.91 Å². The van der Waals surface area contributed by atoms with Gasteiger partial charge in [0.1, 0.15) is 0 Å². The lowest BCUT2D eigenvalue weighted by molar-refractivity contribution is -0.132. The maximum Gasteiger partial charge on any atom is 0.222 e. The summed E-state index contributed by atoms with van der Waals surface area (Å²) in [6.07, 6.45) is 3.51. The number of carbonyl (C=O) groups excluding carboxylic acids is 1. The summed E-state index contributed by atoms with van der Waals surface area (Å²) < 4.78 is 0. The van der Waals surface area contributed by atoms with Crippen LogP contribution >= 0.6 is 11.3 Å². The molecule has 2 heterocycles. The van der Waals surface area contributed by atoms with Gasteiger partial charge in [0.25, 0.3) is 0 Å². The van der Waals surface area contributed by atoms with Gasteiger partial charge in [0.15, 0.2) is 0 Å². The molecule has 19 heavy (non-hydrogen) atoms. The lowest BCUT2D eigenvalue weighted by Gasteiger charge is -2.26. The highest BCUT2D eigenvalue weighted by molar-refractivity contribution is 7.10. The number of rotatable bonds is 6. The molecule has 4 nitrogen and oxygen atoms in total. The van der Waals surface area contributed by atoms with E-state index in [-0.39, 0.29) is 11.9 Å². The largest absolute Gasteiger partial charge is 0.387 e. The van der Waals surface area contributed by atoms with Gasteiger partial charge in [-0.05, 0) is 43.7 Å². The molecule has 1 fully saturated rings. The summed E-state index contributed by atoms with van der Waals surface area (Å²) in [5.41, 5.74) is 5.45. The number of aliphatic hydroxyl groups excluding tert-OH is 1. The van der Waals surface area contributed by atoms with Gasteiger partial charge in [0.05, 0.1) is 6.10 Å². The van der Waals surface area contributed by atoms with Crippen LogP contribution in [-0.2, 0) is 4.79 Å². The second-order valence-electron chi connectivity index (χ2n) is 5.04. The van der Waals surface area contributed by atoms with Crippen LogP contribution in [0.1, 0.15) is 43.1 Å². The molecule has 1 aromatic rings. The van der Waals surface area contributed by atoms with E-state index in [0.29, 0.717) is 19.4 Å². The van der Waals surface area contributed by atoms with E-state index in [2.05, 4.69) is 0 Å². The topological polar surface area (TPSA) is 66.6 Å². The fourth-order valence-electron chi connectivity index (χ4n) is 2.66. The first kappa shape index (κ1) is 14.5. The Morgan fingerprint density at radius 3 is 3.16 bits per heavy atom. The molecule has 0 radical (unpaired) electrons. The highest BCUT2D eigenvalue weighted by atomic mass is 32.1. The van der Waals surface area contributed by atoms with E-state index in [1.807, 2.05) is 22.4 Å². The summed E-state index contributed by atoms with van der Waals surface area (Å²) >= 11 is 1.57. The van der Waals surface area contributed by atoms with Gasteiger partial charge < -0.3 is 15.7 Å². The number of hydrogen-bond acceptors (Lipinski definition) is 4. The van der Waals surface area contributed by atoms with Crippen LogP contribution in [0.5, 0.6) is 0 Å². The van der Waals surface area contributed by atoms with Crippen LogP contribution in [0.15, 0.2) is 17.5 Å². The molecule has 2 atom stereocenters. The SMILES string of the molecule is NCCCC(=O)N1CCCC1CC(O)c1cccs1. The minimum absolute atomic E-state index is 0.183. The summed E-state index contributed by atoms with van der Waals surface area (Å²) in [6.45, 7) is 1.38. The third-order valence-corrected chi connectivity index (χ3v) is 4.63. The van der Waals surface area contributed by atoms with Crippen molar-refractivity contribution in [2.45, 2.75) is 44.2 Å². The van der Waals surface area contributed by atoms with Crippen LogP contribution in [0, 0.1) is 0 Å². The minimum atomic E-state index is -0.451. The Morgan fingerprint density at radius 2 is 2.47 bits per heavy atom. The quantitative estimate of drug-likeness (QED) is 0.837. The number of nitrogens with zero attached hydrogens (tertiary/aromatic N) is 1. The molecular weight excluding hydrogens is 260 g/mol. The second-order valence-corrected chi connectivity index (χ2v) is 6.02. The molecular formula is C14H22N2O2S. The lowest BCUT2D eigenvalue weighted by atomic mass is 10.1. The Labute approximate surface area is 118 Å². The van der Waals surface area contributed by atoms with Crippen LogP contribution in [0.4, 0.5) is 0 Å². The van der Waals surface area contributed by atoms with E-state index in [1.54, 1.807) is 11.3 Å². The van der Waals surface area contributed by atoms with Crippen molar-refractivity contribution in [2.24, 2.45) is 5.73 Å². The molecule has 1 aliphatic rings. The average Bonchev–Trinajstić information content (AvgIpc) is 3.06. The molecule has 0 saturated carbocycles. The Morgan fingerprint density at radius 1 is 1.63 bits per heavy atom. The van der Waals surface area contributed by atoms with Crippen molar-refractivity contribution in [1.82, 2.24) is 4.90 Å².